The number of nitrogen functional groups attached to an aromatic ring is 1. The zero-order valence-corrected chi connectivity index (χ0v) is 15.6. The molecule has 1 aliphatic carbocycles. The van der Waals surface area contributed by atoms with E-state index in [1.165, 1.54) is 11.3 Å². The highest BCUT2D eigenvalue weighted by Gasteiger charge is 2.44. The molecule has 1 saturated carbocycles. The molecule has 1 amide bonds. The average molecular weight is 394 g/mol. The molecular formula is C18H20ClN3O3S. The van der Waals surface area contributed by atoms with Gasteiger partial charge in [0.1, 0.15) is 17.5 Å². The van der Waals surface area contributed by atoms with E-state index in [1.54, 1.807) is 17.5 Å². The summed E-state index contributed by atoms with van der Waals surface area (Å²) in [5, 5.41) is 13.2. The highest BCUT2D eigenvalue weighted by atomic mass is 35.5. The lowest BCUT2D eigenvalue weighted by molar-refractivity contribution is -0.0231. The van der Waals surface area contributed by atoms with Crippen molar-refractivity contribution in [3.8, 4) is 5.75 Å². The van der Waals surface area contributed by atoms with Crippen molar-refractivity contribution in [2.24, 2.45) is 11.8 Å². The zero-order chi connectivity index (χ0) is 18.3. The minimum absolute atomic E-state index is 0.0888. The van der Waals surface area contributed by atoms with Gasteiger partial charge in [-0.15, -0.1) is 11.3 Å². The summed E-state index contributed by atoms with van der Waals surface area (Å²) in [6.45, 7) is 1.30. The Bertz CT molecular complexity index is 814. The number of anilines is 1. The predicted octanol–water partition coefficient (Wildman–Crippen LogP) is 2.67. The summed E-state index contributed by atoms with van der Waals surface area (Å²) in [7, 11) is 0. The van der Waals surface area contributed by atoms with Crippen LogP contribution < -0.4 is 10.5 Å². The molecule has 1 aromatic heterocycles. The van der Waals surface area contributed by atoms with Crippen LogP contribution in [0.1, 0.15) is 23.3 Å². The van der Waals surface area contributed by atoms with Gasteiger partial charge in [-0.1, -0.05) is 17.7 Å². The van der Waals surface area contributed by atoms with Crippen molar-refractivity contribution >= 4 is 34.0 Å². The number of amides is 1. The highest BCUT2D eigenvalue weighted by molar-refractivity contribution is 7.13. The van der Waals surface area contributed by atoms with Crippen LogP contribution in [0.15, 0.2) is 29.6 Å². The van der Waals surface area contributed by atoms with Crippen LogP contribution in [0, 0.1) is 11.8 Å². The summed E-state index contributed by atoms with van der Waals surface area (Å²) >= 11 is 7.27. The first-order chi connectivity index (χ1) is 12.5. The van der Waals surface area contributed by atoms with Gasteiger partial charge in [0.05, 0.1) is 6.10 Å². The van der Waals surface area contributed by atoms with E-state index in [4.69, 9.17) is 22.1 Å². The molecule has 0 radical (unpaired) electrons. The lowest BCUT2D eigenvalue weighted by atomic mass is 9.78. The third kappa shape index (κ3) is 3.51. The number of carbonyl (C=O) groups is 1. The lowest BCUT2D eigenvalue weighted by Gasteiger charge is -2.35. The average Bonchev–Trinajstić information content (AvgIpc) is 3.20. The fraction of sp³-hybridized carbons (Fsp3) is 0.444. The number of aromatic nitrogens is 1. The molecule has 0 bridgehead atoms. The summed E-state index contributed by atoms with van der Waals surface area (Å²) in [6.07, 6.45) is 0.486. The van der Waals surface area contributed by atoms with Gasteiger partial charge in [-0.2, -0.15) is 0 Å². The van der Waals surface area contributed by atoms with Crippen molar-refractivity contribution < 1.29 is 14.6 Å². The Morgan fingerprint density at radius 3 is 2.81 bits per heavy atom. The van der Waals surface area contributed by atoms with Crippen LogP contribution in [0.4, 0.5) is 5.13 Å². The number of rotatable bonds is 3. The molecule has 3 N–H and O–H groups in total. The third-order valence-corrected chi connectivity index (χ3v) is 6.11. The molecule has 6 nitrogen and oxygen atoms in total. The maximum atomic E-state index is 12.6. The Kier molecular flexibility index (Phi) is 4.77. The molecule has 2 fully saturated rings. The highest BCUT2D eigenvalue weighted by Crippen LogP contribution is 2.38. The number of nitrogens with two attached hydrogens (primary N) is 1. The van der Waals surface area contributed by atoms with Gasteiger partial charge in [0.15, 0.2) is 5.13 Å². The van der Waals surface area contributed by atoms with Gasteiger partial charge in [-0.25, -0.2) is 4.98 Å². The van der Waals surface area contributed by atoms with Gasteiger partial charge < -0.3 is 20.5 Å². The first-order valence-corrected chi connectivity index (χ1v) is 9.86. The predicted molar refractivity (Wildman–Crippen MR) is 101 cm³/mol. The summed E-state index contributed by atoms with van der Waals surface area (Å²) in [5.74, 6) is 1.16. The molecule has 4 rings (SSSR count). The maximum absolute atomic E-state index is 12.6. The van der Waals surface area contributed by atoms with Crippen molar-refractivity contribution in [1.82, 2.24) is 9.88 Å². The molecule has 2 heterocycles. The molecule has 26 heavy (non-hydrogen) atoms. The fourth-order valence-corrected chi connectivity index (χ4v) is 4.66. The second-order valence-electron chi connectivity index (χ2n) is 6.95. The summed E-state index contributed by atoms with van der Waals surface area (Å²) in [5.41, 5.74) is 6.03. The largest absolute Gasteiger partial charge is 0.488 e. The van der Waals surface area contributed by atoms with E-state index in [2.05, 4.69) is 4.98 Å². The lowest BCUT2D eigenvalue weighted by Crippen LogP contribution is -2.42. The summed E-state index contributed by atoms with van der Waals surface area (Å²) in [4.78, 5) is 18.5. The topological polar surface area (TPSA) is 88.7 Å². The van der Waals surface area contributed by atoms with Crippen LogP contribution in [0.5, 0.6) is 5.75 Å². The van der Waals surface area contributed by atoms with E-state index in [1.807, 2.05) is 17.0 Å². The molecule has 4 atom stereocenters. The smallest absolute Gasteiger partial charge is 0.273 e. The first-order valence-electron chi connectivity index (χ1n) is 8.60. The molecule has 0 spiro atoms. The summed E-state index contributed by atoms with van der Waals surface area (Å²) in [6, 6.07) is 7.19. The van der Waals surface area contributed by atoms with Gasteiger partial charge in [0.25, 0.3) is 5.91 Å². The van der Waals surface area contributed by atoms with E-state index in [0.717, 1.165) is 0 Å². The molecule has 1 aromatic carbocycles. The van der Waals surface area contributed by atoms with E-state index >= 15 is 0 Å². The molecule has 2 aromatic rings. The molecule has 0 unspecified atom stereocenters. The molecule has 2 aliphatic rings. The Balaban J connectivity index is 1.42. The Hall–Kier alpha value is -1.83. The third-order valence-electron chi connectivity index (χ3n) is 5.20. The number of thiazole rings is 1. The second-order valence-corrected chi connectivity index (χ2v) is 8.28. The van der Waals surface area contributed by atoms with Crippen molar-refractivity contribution in [1.29, 1.82) is 0 Å². The van der Waals surface area contributed by atoms with Crippen molar-refractivity contribution in [3.63, 3.8) is 0 Å². The molecule has 1 saturated heterocycles. The molecule has 8 heteroatoms. The number of hydrogen-bond acceptors (Lipinski definition) is 6. The number of fused-ring (bicyclic) bond motifs is 1. The van der Waals surface area contributed by atoms with Crippen LogP contribution in [0.3, 0.4) is 0 Å². The number of nitrogens with zero attached hydrogens (tertiary/aromatic N) is 2. The van der Waals surface area contributed by atoms with Crippen molar-refractivity contribution in [3.05, 3.63) is 40.4 Å². The number of aliphatic hydroxyl groups excluding tert-OH is 1. The maximum Gasteiger partial charge on any atom is 0.273 e. The molecule has 1 aliphatic heterocycles. The fourth-order valence-electron chi connectivity index (χ4n) is 3.95. The number of carbonyl (C=O) groups excluding carboxylic acids is 1. The van der Waals surface area contributed by atoms with Crippen LogP contribution >= 0.6 is 22.9 Å². The van der Waals surface area contributed by atoms with Crippen LogP contribution in [0.2, 0.25) is 5.02 Å². The van der Waals surface area contributed by atoms with Gasteiger partial charge in [0.2, 0.25) is 0 Å². The quantitative estimate of drug-likeness (QED) is 0.836. The Labute approximate surface area is 160 Å². The Morgan fingerprint density at radius 1 is 1.35 bits per heavy atom. The number of likely N-dealkylation sites (tertiary alicyclic amines) is 1. The number of aliphatic hydroxyl groups is 1. The van der Waals surface area contributed by atoms with Crippen molar-refractivity contribution in [2.45, 2.75) is 25.0 Å². The van der Waals surface area contributed by atoms with Gasteiger partial charge in [-0.05, 0) is 42.9 Å². The minimum atomic E-state index is -0.555. The van der Waals surface area contributed by atoms with Crippen LogP contribution in [-0.4, -0.2) is 46.2 Å². The Morgan fingerprint density at radius 2 is 2.12 bits per heavy atom. The molecular weight excluding hydrogens is 374 g/mol. The zero-order valence-electron chi connectivity index (χ0n) is 14.0. The number of hydrogen-bond donors (Lipinski definition) is 2. The normalized spacial score (nSPS) is 28.0. The summed E-state index contributed by atoms with van der Waals surface area (Å²) < 4.78 is 5.98. The number of halogens is 1. The number of ether oxygens (including phenoxy) is 1. The monoisotopic (exact) mass is 393 g/mol. The van der Waals surface area contributed by atoms with E-state index in [0.29, 0.717) is 53.4 Å². The van der Waals surface area contributed by atoms with E-state index < -0.39 is 6.10 Å². The first kappa shape index (κ1) is 17.6. The standard InChI is InChI=1S/C18H20ClN3O3S/c19-12-2-1-3-13(6-12)25-16-5-11-8-22(7-10(11)4-15(16)23)17(24)14-9-26-18(20)21-14/h1-3,6,9-11,15-16,23H,4-5,7-8H2,(H2,20,21)/t10-,11+,15+,16+/m0/s1. The van der Waals surface area contributed by atoms with Crippen LogP contribution in [-0.2, 0) is 0 Å². The number of benzene rings is 1. The SMILES string of the molecule is Nc1nc(C(=O)N2C[C@H]3C[C@@H](Oc4cccc(Cl)c4)[C@H](O)C[C@H]3C2)cs1. The van der Waals surface area contributed by atoms with Crippen LogP contribution in [0.25, 0.3) is 0 Å². The second kappa shape index (κ2) is 7.06. The van der Waals surface area contributed by atoms with E-state index in [-0.39, 0.29) is 17.9 Å². The molecule has 138 valence electrons. The van der Waals surface area contributed by atoms with Gasteiger partial charge >= 0.3 is 0 Å². The minimum Gasteiger partial charge on any atom is -0.488 e. The van der Waals surface area contributed by atoms with Crippen molar-refractivity contribution in [2.75, 3.05) is 18.8 Å². The van der Waals surface area contributed by atoms with Gasteiger partial charge in [0, 0.05) is 23.5 Å². The van der Waals surface area contributed by atoms with E-state index in [9.17, 15) is 9.90 Å². The van der Waals surface area contributed by atoms with Gasteiger partial charge in [-0.3, -0.25) is 4.79 Å².